The molecule has 0 spiro atoms. The van der Waals surface area contributed by atoms with Gasteiger partial charge in [-0.25, -0.2) is 4.79 Å². The van der Waals surface area contributed by atoms with Gasteiger partial charge < -0.3 is 14.6 Å². The van der Waals surface area contributed by atoms with E-state index in [1.54, 1.807) is 6.92 Å². The molecular weight excluding hydrogens is 148 g/mol. The zero-order valence-corrected chi connectivity index (χ0v) is 6.42. The van der Waals surface area contributed by atoms with Gasteiger partial charge in [0.2, 0.25) is 0 Å². The van der Waals surface area contributed by atoms with Gasteiger partial charge in [0.05, 0.1) is 12.6 Å². The van der Waals surface area contributed by atoms with Crippen LogP contribution in [0.5, 0.6) is 0 Å². The van der Waals surface area contributed by atoms with E-state index in [1.165, 1.54) is 6.92 Å². The second-order valence-corrected chi connectivity index (χ2v) is 1.87. The Hall–Kier alpha value is -1.32. The highest BCUT2D eigenvalue weighted by Gasteiger charge is 1.97. The number of carbonyl (C=O) groups is 2. The molecule has 62 valence electrons. The first-order valence-electron chi connectivity index (χ1n) is 3.14. The molecule has 0 fully saturated rings. The normalized spacial score (nSPS) is 10.9. The van der Waals surface area contributed by atoms with E-state index in [2.05, 4.69) is 4.74 Å². The van der Waals surface area contributed by atoms with Crippen LogP contribution in [0.25, 0.3) is 0 Å². The number of carboxylic acid groups (broad SMARTS) is 1. The summed E-state index contributed by atoms with van der Waals surface area (Å²) < 4.78 is 4.46. The molecule has 0 N–H and O–H groups in total. The van der Waals surface area contributed by atoms with Gasteiger partial charge in [-0.15, -0.1) is 0 Å². The van der Waals surface area contributed by atoms with Crippen molar-refractivity contribution in [2.24, 2.45) is 0 Å². The molecule has 0 saturated heterocycles. The summed E-state index contributed by atoms with van der Waals surface area (Å²) in [4.78, 5) is 20.6. The fourth-order valence-electron chi connectivity index (χ4n) is 0.420. The lowest BCUT2D eigenvalue weighted by atomic mass is 10.3. The zero-order chi connectivity index (χ0) is 8.85. The van der Waals surface area contributed by atoms with Gasteiger partial charge in [0.25, 0.3) is 0 Å². The molecule has 4 heteroatoms. The lowest BCUT2D eigenvalue weighted by molar-refractivity contribution is -0.299. The van der Waals surface area contributed by atoms with Gasteiger partial charge in [-0.05, 0) is 19.4 Å². The topological polar surface area (TPSA) is 66.4 Å². The highest BCUT2D eigenvalue weighted by atomic mass is 16.5. The molecule has 0 radical (unpaired) electrons. The SMILES string of the molecule is CCOC(=O)C=C(C)C(=O)[O-]. The maximum Gasteiger partial charge on any atom is 0.331 e. The number of aliphatic carboxylic acids is 1. The third kappa shape index (κ3) is 4.13. The Bertz CT molecular complexity index is 193. The number of esters is 1. The van der Waals surface area contributed by atoms with Crippen molar-refractivity contribution in [1.29, 1.82) is 0 Å². The van der Waals surface area contributed by atoms with Crippen LogP contribution < -0.4 is 5.11 Å². The maximum atomic E-state index is 10.6. The largest absolute Gasteiger partial charge is 0.545 e. The quantitative estimate of drug-likeness (QED) is 0.399. The minimum atomic E-state index is -1.36. The molecule has 4 nitrogen and oxygen atoms in total. The van der Waals surface area contributed by atoms with Crippen LogP contribution in [0.1, 0.15) is 13.8 Å². The number of rotatable bonds is 3. The monoisotopic (exact) mass is 157 g/mol. The molecule has 0 unspecified atom stereocenters. The highest BCUT2D eigenvalue weighted by Crippen LogP contribution is 1.91. The maximum absolute atomic E-state index is 10.6. The summed E-state index contributed by atoms with van der Waals surface area (Å²) >= 11 is 0. The summed E-state index contributed by atoms with van der Waals surface area (Å²) in [6, 6.07) is 0. The third-order valence-corrected chi connectivity index (χ3v) is 0.943. The van der Waals surface area contributed by atoms with Crippen molar-refractivity contribution in [2.75, 3.05) is 6.61 Å². The van der Waals surface area contributed by atoms with E-state index in [4.69, 9.17) is 0 Å². The van der Waals surface area contributed by atoms with Crippen molar-refractivity contribution in [3.05, 3.63) is 11.6 Å². The summed E-state index contributed by atoms with van der Waals surface area (Å²) in [5.74, 6) is -2.02. The van der Waals surface area contributed by atoms with Gasteiger partial charge in [-0.1, -0.05) is 0 Å². The van der Waals surface area contributed by atoms with Crippen LogP contribution in [0.2, 0.25) is 0 Å². The Balaban J connectivity index is 4.08. The molecule has 0 aromatic carbocycles. The van der Waals surface area contributed by atoms with E-state index in [1.807, 2.05) is 0 Å². The van der Waals surface area contributed by atoms with Gasteiger partial charge in [0.1, 0.15) is 0 Å². The molecule has 0 rings (SSSR count). The summed E-state index contributed by atoms with van der Waals surface area (Å²) in [5, 5.41) is 10.1. The lowest BCUT2D eigenvalue weighted by Gasteiger charge is -2.00. The Labute approximate surface area is 64.5 Å². The van der Waals surface area contributed by atoms with E-state index in [0.29, 0.717) is 0 Å². The molecule has 0 saturated carbocycles. The van der Waals surface area contributed by atoms with E-state index in [9.17, 15) is 14.7 Å². The van der Waals surface area contributed by atoms with E-state index in [-0.39, 0.29) is 12.2 Å². The van der Waals surface area contributed by atoms with Crippen molar-refractivity contribution in [3.63, 3.8) is 0 Å². The van der Waals surface area contributed by atoms with Crippen LogP contribution in [-0.2, 0) is 14.3 Å². The van der Waals surface area contributed by atoms with Crippen LogP contribution in [-0.4, -0.2) is 18.5 Å². The van der Waals surface area contributed by atoms with Crippen LogP contribution >= 0.6 is 0 Å². The van der Waals surface area contributed by atoms with Crippen LogP contribution in [0.15, 0.2) is 11.6 Å². The molecule has 0 aliphatic rings. The predicted molar refractivity (Wildman–Crippen MR) is 35.4 cm³/mol. The van der Waals surface area contributed by atoms with Crippen molar-refractivity contribution in [2.45, 2.75) is 13.8 Å². The Kier molecular flexibility index (Phi) is 3.95. The molecule has 0 atom stereocenters. The molecular formula is C7H9O4-. The fraction of sp³-hybridized carbons (Fsp3) is 0.429. The second kappa shape index (κ2) is 4.49. The number of ether oxygens (including phenoxy) is 1. The smallest absolute Gasteiger partial charge is 0.331 e. The van der Waals surface area contributed by atoms with E-state index >= 15 is 0 Å². The fourth-order valence-corrected chi connectivity index (χ4v) is 0.420. The number of carbonyl (C=O) groups excluding carboxylic acids is 2. The first-order chi connectivity index (χ1) is 5.07. The van der Waals surface area contributed by atoms with Gasteiger partial charge >= 0.3 is 5.97 Å². The number of hydrogen-bond acceptors (Lipinski definition) is 4. The molecule has 0 aromatic heterocycles. The molecule has 0 heterocycles. The van der Waals surface area contributed by atoms with Gasteiger partial charge in [0, 0.05) is 6.08 Å². The minimum Gasteiger partial charge on any atom is -0.545 e. The van der Waals surface area contributed by atoms with Gasteiger partial charge in [-0.3, -0.25) is 0 Å². The minimum absolute atomic E-state index is 0.136. The molecule has 11 heavy (non-hydrogen) atoms. The molecule has 0 aromatic rings. The standard InChI is InChI=1S/C7H10O4/c1-3-11-6(8)4-5(2)7(9)10/h4H,3H2,1-2H3,(H,9,10)/p-1. The van der Waals surface area contributed by atoms with E-state index in [0.717, 1.165) is 6.08 Å². The summed E-state index contributed by atoms with van der Waals surface area (Å²) in [7, 11) is 0. The van der Waals surface area contributed by atoms with E-state index < -0.39 is 11.9 Å². The zero-order valence-electron chi connectivity index (χ0n) is 6.42. The second-order valence-electron chi connectivity index (χ2n) is 1.87. The predicted octanol–water partition coefficient (Wildman–Crippen LogP) is -0.754. The average Bonchev–Trinajstić information content (AvgIpc) is 1.87. The van der Waals surface area contributed by atoms with Crippen molar-refractivity contribution >= 4 is 11.9 Å². The summed E-state index contributed by atoms with van der Waals surface area (Å²) in [6.45, 7) is 3.14. The first-order valence-corrected chi connectivity index (χ1v) is 3.14. The highest BCUT2D eigenvalue weighted by molar-refractivity contribution is 5.93. The van der Waals surface area contributed by atoms with Crippen molar-refractivity contribution in [3.8, 4) is 0 Å². The Morgan fingerprint density at radius 2 is 2.09 bits per heavy atom. The molecule has 0 aliphatic carbocycles. The molecule has 0 amide bonds. The molecule has 0 bridgehead atoms. The lowest BCUT2D eigenvalue weighted by Crippen LogP contribution is -2.23. The average molecular weight is 157 g/mol. The van der Waals surface area contributed by atoms with Crippen molar-refractivity contribution in [1.82, 2.24) is 0 Å². The summed E-state index contributed by atoms with van der Waals surface area (Å²) in [5.41, 5.74) is -0.136. The first kappa shape index (κ1) is 9.68. The van der Waals surface area contributed by atoms with Crippen molar-refractivity contribution < 1.29 is 19.4 Å². The Morgan fingerprint density at radius 3 is 2.45 bits per heavy atom. The van der Waals surface area contributed by atoms with Gasteiger partial charge in [0.15, 0.2) is 0 Å². The summed E-state index contributed by atoms with van der Waals surface area (Å²) in [6.07, 6.45) is 0.888. The van der Waals surface area contributed by atoms with Crippen LogP contribution in [0.3, 0.4) is 0 Å². The third-order valence-electron chi connectivity index (χ3n) is 0.943. The molecule has 0 aliphatic heterocycles. The Morgan fingerprint density at radius 1 is 1.55 bits per heavy atom. The number of hydrogen-bond donors (Lipinski definition) is 0. The van der Waals surface area contributed by atoms with Gasteiger partial charge in [-0.2, -0.15) is 0 Å². The van der Waals surface area contributed by atoms with Crippen LogP contribution in [0, 0.1) is 0 Å². The number of carboxylic acids is 1. The van der Waals surface area contributed by atoms with Crippen LogP contribution in [0.4, 0.5) is 0 Å².